The number of benzene rings is 1. The predicted octanol–water partition coefficient (Wildman–Crippen LogP) is 2.17. The fraction of sp³-hybridized carbons (Fsp3) is 0. The average molecular weight is 168 g/mol. The number of Topliss-reactive ketones (excluding diaryl/α,β-unsaturated/α-hetero) is 1. The molecule has 0 aliphatic carbocycles. The van der Waals surface area contributed by atoms with E-state index in [1.54, 1.807) is 18.2 Å². The van der Waals surface area contributed by atoms with E-state index in [2.05, 4.69) is 0 Å². The second kappa shape index (κ2) is 3.30. The summed E-state index contributed by atoms with van der Waals surface area (Å²) in [6.45, 7) is 0. The summed E-state index contributed by atoms with van der Waals surface area (Å²) in [5, 5.41) is 7.21. The molecule has 0 aliphatic rings. The standard InChI is InChI=1S/C8H6ClNO/c9-7-3-1-2-6(4-7)8(11)5-10/h1-5,10H. The highest BCUT2D eigenvalue weighted by Crippen LogP contribution is 2.10. The second-order valence-corrected chi connectivity index (χ2v) is 2.46. The number of hydrogen-bond donors (Lipinski definition) is 1. The molecule has 0 radical (unpaired) electrons. The molecule has 0 saturated carbocycles. The Morgan fingerprint density at radius 1 is 1.55 bits per heavy atom. The lowest BCUT2D eigenvalue weighted by molar-refractivity contribution is 0.107. The van der Waals surface area contributed by atoms with Crippen LogP contribution < -0.4 is 0 Å². The monoisotopic (exact) mass is 167 g/mol. The average Bonchev–Trinajstić information content (AvgIpc) is 2.03. The lowest BCUT2D eigenvalue weighted by atomic mass is 10.1. The summed E-state index contributed by atoms with van der Waals surface area (Å²) >= 11 is 5.62. The first kappa shape index (κ1) is 7.95. The second-order valence-electron chi connectivity index (χ2n) is 2.02. The van der Waals surface area contributed by atoms with Crippen LogP contribution in [0.3, 0.4) is 0 Å². The minimum atomic E-state index is -0.326. The number of rotatable bonds is 2. The maximum atomic E-state index is 10.9. The fourth-order valence-corrected chi connectivity index (χ4v) is 0.915. The molecule has 0 heterocycles. The Morgan fingerprint density at radius 2 is 2.27 bits per heavy atom. The highest BCUT2D eigenvalue weighted by atomic mass is 35.5. The van der Waals surface area contributed by atoms with Gasteiger partial charge in [0.1, 0.15) is 0 Å². The lowest BCUT2D eigenvalue weighted by Crippen LogP contribution is -1.97. The first-order valence-electron chi connectivity index (χ1n) is 3.04. The minimum absolute atomic E-state index is 0.326. The molecule has 0 aliphatic heterocycles. The predicted molar refractivity (Wildman–Crippen MR) is 44.6 cm³/mol. The Balaban J connectivity index is 3.05. The van der Waals surface area contributed by atoms with Crippen molar-refractivity contribution in [3.8, 4) is 0 Å². The molecule has 56 valence electrons. The molecule has 3 heteroatoms. The molecular formula is C8H6ClNO. The number of hydrogen-bond acceptors (Lipinski definition) is 2. The van der Waals surface area contributed by atoms with Crippen LogP contribution in [0.4, 0.5) is 0 Å². The topological polar surface area (TPSA) is 40.9 Å². The van der Waals surface area contributed by atoms with Crippen LogP contribution in [0.15, 0.2) is 24.3 Å². The van der Waals surface area contributed by atoms with E-state index in [9.17, 15) is 4.79 Å². The Morgan fingerprint density at radius 3 is 2.82 bits per heavy atom. The molecule has 1 aromatic rings. The smallest absolute Gasteiger partial charge is 0.203 e. The number of nitrogens with one attached hydrogen (secondary N) is 1. The summed E-state index contributed by atoms with van der Waals surface area (Å²) < 4.78 is 0. The highest BCUT2D eigenvalue weighted by molar-refractivity contribution is 6.36. The van der Waals surface area contributed by atoms with Crippen LogP contribution in [-0.4, -0.2) is 12.0 Å². The van der Waals surface area contributed by atoms with Gasteiger partial charge >= 0.3 is 0 Å². The Bertz CT molecular complexity index is 296. The van der Waals surface area contributed by atoms with Gasteiger partial charge in [-0.1, -0.05) is 23.7 Å². The molecule has 1 N–H and O–H groups in total. The van der Waals surface area contributed by atoms with Crippen molar-refractivity contribution in [1.82, 2.24) is 0 Å². The van der Waals surface area contributed by atoms with E-state index in [1.165, 1.54) is 6.07 Å². The highest BCUT2D eigenvalue weighted by Gasteiger charge is 2.00. The van der Waals surface area contributed by atoms with E-state index in [1.807, 2.05) is 0 Å². The molecule has 0 amide bonds. The minimum Gasteiger partial charge on any atom is -0.305 e. The third-order valence-corrected chi connectivity index (χ3v) is 1.48. The maximum absolute atomic E-state index is 10.9. The lowest BCUT2D eigenvalue weighted by Gasteiger charge is -1.93. The number of carbonyl (C=O) groups excluding carboxylic acids is 1. The molecule has 0 unspecified atom stereocenters. The van der Waals surface area contributed by atoms with Crippen LogP contribution in [0, 0.1) is 5.41 Å². The van der Waals surface area contributed by atoms with Crippen molar-refractivity contribution >= 4 is 23.6 Å². The molecule has 11 heavy (non-hydrogen) atoms. The summed E-state index contributed by atoms with van der Waals surface area (Å²) in [5.41, 5.74) is 0.451. The number of halogens is 1. The molecule has 1 rings (SSSR count). The van der Waals surface area contributed by atoms with Crippen molar-refractivity contribution in [3.05, 3.63) is 34.9 Å². The van der Waals surface area contributed by atoms with E-state index in [0.717, 1.165) is 6.21 Å². The maximum Gasteiger partial charge on any atom is 0.203 e. The number of ketones is 1. The van der Waals surface area contributed by atoms with Gasteiger partial charge in [-0.25, -0.2) is 0 Å². The van der Waals surface area contributed by atoms with Crippen molar-refractivity contribution in [3.63, 3.8) is 0 Å². The largest absolute Gasteiger partial charge is 0.305 e. The van der Waals surface area contributed by atoms with Crippen molar-refractivity contribution in [1.29, 1.82) is 5.41 Å². The van der Waals surface area contributed by atoms with Crippen LogP contribution >= 0.6 is 11.6 Å². The summed E-state index contributed by atoms with van der Waals surface area (Å²) in [4.78, 5) is 10.9. The molecular weight excluding hydrogens is 162 g/mol. The molecule has 0 aromatic heterocycles. The Labute approximate surface area is 69.3 Å². The molecule has 0 saturated heterocycles. The Hall–Kier alpha value is -1.15. The fourth-order valence-electron chi connectivity index (χ4n) is 0.725. The zero-order chi connectivity index (χ0) is 8.27. The van der Waals surface area contributed by atoms with Gasteiger partial charge in [-0.15, -0.1) is 0 Å². The van der Waals surface area contributed by atoms with Crippen LogP contribution in [0.5, 0.6) is 0 Å². The molecule has 0 fully saturated rings. The van der Waals surface area contributed by atoms with Crippen LogP contribution in [0.1, 0.15) is 10.4 Å². The van der Waals surface area contributed by atoms with Gasteiger partial charge in [-0.3, -0.25) is 4.79 Å². The molecule has 0 spiro atoms. The molecule has 1 aromatic carbocycles. The van der Waals surface area contributed by atoms with Crippen LogP contribution in [0.25, 0.3) is 0 Å². The van der Waals surface area contributed by atoms with Gasteiger partial charge in [-0.2, -0.15) is 0 Å². The Kier molecular flexibility index (Phi) is 2.39. The van der Waals surface area contributed by atoms with Gasteiger partial charge in [0.25, 0.3) is 0 Å². The van der Waals surface area contributed by atoms with Crippen molar-refractivity contribution in [2.45, 2.75) is 0 Å². The van der Waals surface area contributed by atoms with Gasteiger partial charge in [0.05, 0.1) is 6.21 Å². The van der Waals surface area contributed by atoms with E-state index in [4.69, 9.17) is 17.0 Å². The molecule has 0 atom stereocenters. The normalized spacial score (nSPS) is 9.18. The first-order chi connectivity index (χ1) is 5.24. The number of carbonyl (C=O) groups is 1. The third-order valence-electron chi connectivity index (χ3n) is 1.24. The van der Waals surface area contributed by atoms with Gasteiger partial charge in [-0.05, 0) is 12.1 Å². The summed E-state index contributed by atoms with van der Waals surface area (Å²) in [5.74, 6) is -0.326. The van der Waals surface area contributed by atoms with Crippen molar-refractivity contribution in [2.75, 3.05) is 0 Å². The van der Waals surface area contributed by atoms with Crippen molar-refractivity contribution < 1.29 is 4.79 Å². The zero-order valence-corrected chi connectivity index (χ0v) is 6.43. The van der Waals surface area contributed by atoms with Gasteiger partial charge < -0.3 is 5.41 Å². The third kappa shape index (κ3) is 1.88. The summed E-state index contributed by atoms with van der Waals surface area (Å²) in [7, 11) is 0. The van der Waals surface area contributed by atoms with E-state index >= 15 is 0 Å². The van der Waals surface area contributed by atoms with Gasteiger partial charge in [0, 0.05) is 10.6 Å². The zero-order valence-electron chi connectivity index (χ0n) is 5.67. The quantitative estimate of drug-likeness (QED) is 0.532. The van der Waals surface area contributed by atoms with Gasteiger partial charge in [0.2, 0.25) is 5.78 Å². The SMILES string of the molecule is N=CC(=O)c1cccc(Cl)c1. The van der Waals surface area contributed by atoms with E-state index in [-0.39, 0.29) is 5.78 Å². The van der Waals surface area contributed by atoms with E-state index < -0.39 is 0 Å². The van der Waals surface area contributed by atoms with Crippen LogP contribution in [-0.2, 0) is 0 Å². The first-order valence-corrected chi connectivity index (χ1v) is 3.42. The van der Waals surface area contributed by atoms with Crippen molar-refractivity contribution in [2.24, 2.45) is 0 Å². The van der Waals surface area contributed by atoms with Gasteiger partial charge in [0.15, 0.2) is 0 Å². The van der Waals surface area contributed by atoms with Crippen LogP contribution in [0.2, 0.25) is 5.02 Å². The molecule has 0 bridgehead atoms. The summed E-state index contributed by atoms with van der Waals surface area (Å²) in [6.07, 6.45) is 0.770. The van der Waals surface area contributed by atoms with E-state index in [0.29, 0.717) is 10.6 Å². The molecule has 2 nitrogen and oxygen atoms in total. The summed E-state index contributed by atoms with van der Waals surface area (Å²) in [6, 6.07) is 6.52.